The first kappa shape index (κ1) is 14.2. The molecule has 0 radical (unpaired) electrons. The Morgan fingerprint density at radius 2 is 2.00 bits per heavy atom. The summed E-state index contributed by atoms with van der Waals surface area (Å²) in [6, 6.07) is 6.01. The summed E-state index contributed by atoms with van der Waals surface area (Å²) in [5.41, 5.74) is 1.24. The topological polar surface area (TPSA) is 35.5 Å². The van der Waals surface area contributed by atoms with Crippen LogP contribution in [-0.2, 0) is 11.2 Å². The zero-order valence-corrected chi connectivity index (χ0v) is 8.57. The average molecular weight is 246 g/mol. The quantitative estimate of drug-likeness (QED) is 0.450. The van der Waals surface area contributed by atoms with Crippen molar-refractivity contribution in [3.05, 3.63) is 23.8 Å². The van der Waals surface area contributed by atoms with Gasteiger partial charge < -0.3 is 14.3 Å². The third kappa shape index (κ3) is 3.86. The van der Waals surface area contributed by atoms with Crippen molar-refractivity contribution in [1.82, 2.24) is 0 Å². The van der Waals surface area contributed by atoms with Gasteiger partial charge in [0.2, 0.25) is 6.79 Å². The fraction of sp³-hybridized carbons (Fsp3) is 0.417. The normalized spacial score (nSPS) is 12.0. The molecule has 0 aromatic heterocycles. The van der Waals surface area contributed by atoms with E-state index in [1.807, 2.05) is 12.1 Å². The van der Waals surface area contributed by atoms with Crippen molar-refractivity contribution in [3.8, 4) is 11.5 Å². The molecule has 1 heterocycles. The molecule has 4 heteroatoms. The molecule has 1 aromatic rings. The summed E-state index contributed by atoms with van der Waals surface area (Å²) in [6.45, 7) is 0.323. The zero-order valence-electron chi connectivity index (χ0n) is 8.57. The molecule has 0 atom stereocenters. The number of unbranched alkanes of at least 4 members (excludes halogenated alkanes) is 2. The molecule has 0 saturated carbocycles. The first-order valence-corrected chi connectivity index (χ1v) is 5.22. The van der Waals surface area contributed by atoms with Crippen molar-refractivity contribution >= 4 is 57.7 Å². The second kappa shape index (κ2) is 7.45. The Balaban J connectivity index is 0.00000128. The third-order valence-electron chi connectivity index (χ3n) is 2.47. The monoisotopic (exact) mass is 246 g/mol. The summed E-state index contributed by atoms with van der Waals surface area (Å²) in [6.07, 6.45) is 4.62. The van der Waals surface area contributed by atoms with E-state index in [0.29, 0.717) is 13.2 Å². The van der Waals surface area contributed by atoms with Gasteiger partial charge in [-0.15, -0.1) is 0 Å². The van der Waals surface area contributed by atoms with E-state index in [1.165, 1.54) is 5.56 Å². The Morgan fingerprint density at radius 1 is 1.19 bits per heavy atom. The van der Waals surface area contributed by atoms with Crippen molar-refractivity contribution in [3.63, 3.8) is 0 Å². The number of rotatable bonds is 5. The van der Waals surface area contributed by atoms with Crippen LogP contribution in [0, 0.1) is 0 Å². The number of fused-ring (bicyclic) bond motifs is 1. The minimum atomic E-state index is 0. The van der Waals surface area contributed by atoms with Crippen LogP contribution in [0.25, 0.3) is 0 Å². The van der Waals surface area contributed by atoms with Crippen LogP contribution in [-0.4, -0.2) is 64.5 Å². The van der Waals surface area contributed by atoms with E-state index < -0.39 is 0 Å². The summed E-state index contributed by atoms with van der Waals surface area (Å²) >= 11 is 0. The van der Waals surface area contributed by atoms with Gasteiger partial charge in [-0.2, -0.15) is 0 Å². The molecule has 0 aliphatic carbocycles. The number of aryl methyl sites for hydroxylation is 1. The summed E-state index contributed by atoms with van der Waals surface area (Å²) < 4.78 is 10.5. The molecule has 1 aromatic carbocycles. The second-order valence-corrected chi connectivity index (χ2v) is 3.60. The average Bonchev–Trinajstić information content (AvgIpc) is 2.71. The van der Waals surface area contributed by atoms with Gasteiger partial charge in [-0.1, -0.05) is 6.07 Å². The predicted octanol–water partition coefficient (Wildman–Crippen LogP) is 1.68. The van der Waals surface area contributed by atoms with Gasteiger partial charge >= 0.3 is 51.4 Å². The summed E-state index contributed by atoms with van der Waals surface area (Å²) in [5, 5.41) is 0. The molecular weight excluding hydrogens is 231 g/mol. The Kier molecular flexibility index (Phi) is 6.61. The zero-order chi connectivity index (χ0) is 10.5. The number of carbonyl (C=O) groups excluding carboxylic acids is 1. The van der Waals surface area contributed by atoms with Crippen LogP contribution in [0.5, 0.6) is 11.5 Å². The van der Waals surface area contributed by atoms with Crippen molar-refractivity contribution in [1.29, 1.82) is 0 Å². The van der Waals surface area contributed by atoms with E-state index in [4.69, 9.17) is 9.47 Å². The van der Waals surface area contributed by atoms with Crippen LogP contribution in [0.1, 0.15) is 24.8 Å². The molecule has 0 N–H and O–H groups in total. The Hall–Kier alpha value is 0.126. The molecule has 0 spiro atoms. The Bertz CT molecular complexity index is 352. The van der Waals surface area contributed by atoms with Gasteiger partial charge in [0, 0.05) is 6.42 Å². The van der Waals surface area contributed by atoms with Crippen LogP contribution in [0.15, 0.2) is 18.2 Å². The second-order valence-electron chi connectivity index (χ2n) is 3.60. The molecule has 82 valence electrons. The van der Waals surface area contributed by atoms with Crippen molar-refractivity contribution in [2.75, 3.05) is 6.79 Å². The van der Waals surface area contributed by atoms with Crippen molar-refractivity contribution < 1.29 is 14.3 Å². The van der Waals surface area contributed by atoms with E-state index in [-0.39, 0.29) is 51.4 Å². The first-order chi connectivity index (χ1) is 7.40. The van der Waals surface area contributed by atoms with E-state index in [0.717, 1.165) is 37.0 Å². The van der Waals surface area contributed by atoms with Gasteiger partial charge in [0.05, 0.1) is 0 Å². The standard InChI is InChI=1S/C12H14O3.K.H/c13-7-3-1-2-4-10-5-6-11-12(8-10)15-9-14-11;;/h5-8H,1-4,9H2;;. The van der Waals surface area contributed by atoms with E-state index in [1.54, 1.807) is 0 Å². The third-order valence-corrected chi connectivity index (χ3v) is 2.47. The summed E-state index contributed by atoms with van der Waals surface area (Å²) in [7, 11) is 0. The fourth-order valence-electron chi connectivity index (χ4n) is 1.65. The molecule has 0 fully saturated rings. The number of hydrogen-bond acceptors (Lipinski definition) is 3. The number of hydrogen-bond donors (Lipinski definition) is 0. The van der Waals surface area contributed by atoms with Crippen LogP contribution < -0.4 is 9.47 Å². The number of carbonyl (C=O) groups is 1. The molecule has 2 rings (SSSR count). The molecule has 3 nitrogen and oxygen atoms in total. The molecule has 1 aliphatic rings. The maximum atomic E-state index is 10.1. The van der Waals surface area contributed by atoms with Crippen LogP contribution in [0.3, 0.4) is 0 Å². The fourth-order valence-corrected chi connectivity index (χ4v) is 1.65. The first-order valence-electron chi connectivity index (χ1n) is 5.22. The predicted molar refractivity (Wildman–Crippen MR) is 63.3 cm³/mol. The Labute approximate surface area is 138 Å². The Morgan fingerprint density at radius 3 is 2.81 bits per heavy atom. The van der Waals surface area contributed by atoms with Gasteiger partial charge in [0.1, 0.15) is 6.29 Å². The van der Waals surface area contributed by atoms with Crippen LogP contribution >= 0.6 is 0 Å². The molecule has 0 unspecified atom stereocenters. The van der Waals surface area contributed by atoms with Gasteiger partial charge in [-0.3, -0.25) is 0 Å². The van der Waals surface area contributed by atoms with Crippen molar-refractivity contribution in [2.24, 2.45) is 0 Å². The van der Waals surface area contributed by atoms with Gasteiger partial charge in [0.25, 0.3) is 0 Å². The summed E-state index contributed by atoms with van der Waals surface area (Å²) in [4.78, 5) is 10.1. The van der Waals surface area contributed by atoms with E-state index in [2.05, 4.69) is 6.07 Å². The number of aldehydes is 1. The number of ether oxygens (including phenoxy) is 2. The summed E-state index contributed by atoms with van der Waals surface area (Å²) in [5.74, 6) is 1.66. The minimum absolute atomic E-state index is 0. The van der Waals surface area contributed by atoms with Crippen LogP contribution in [0.2, 0.25) is 0 Å². The van der Waals surface area contributed by atoms with E-state index in [9.17, 15) is 4.79 Å². The molecule has 0 amide bonds. The molecular formula is C12H15KO3. The van der Waals surface area contributed by atoms with Gasteiger partial charge in [0.15, 0.2) is 11.5 Å². The van der Waals surface area contributed by atoms with E-state index >= 15 is 0 Å². The van der Waals surface area contributed by atoms with Crippen molar-refractivity contribution in [2.45, 2.75) is 25.7 Å². The molecule has 0 saturated heterocycles. The SMILES string of the molecule is O=CCCCCc1ccc2c(c1)OCO2.[KH]. The molecule has 1 aliphatic heterocycles. The van der Waals surface area contributed by atoms with Crippen LogP contribution in [0.4, 0.5) is 0 Å². The van der Waals surface area contributed by atoms with Gasteiger partial charge in [-0.25, -0.2) is 0 Å². The molecule has 16 heavy (non-hydrogen) atoms. The van der Waals surface area contributed by atoms with Gasteiger partial charge in [-0.05, 0) is 37.0 Å². The maximum absolute atomic E-state index is 10.1. The number of benzene rings is 1. The molecule has 0 bridgehead atoms.